The predicted molar refractivity (Wildman–Crippen MR) is 109 cm³/mol. The third-order valence-corrected chi connectivity index (χ3v) is 4.94. The molecular formula is C23H24N2O4. The van der Waals surface area contributed by atoms with E-state index in [-0.39, 0.29) is 5.91 Å². The van der Waals surface area contributed by atoms with Crippen LogP contribution in [-0.2, 0) is 4.74 Å². The van der Waals surface area contributed by atoms with Gasteiger partial charge < -0.3 is 9.64 Å². The van der Waals surface area contributed by atoms with Crippen molar-refractivity contribution in [3.8, 4) is 6.07 Å². The van der Waals surface area contributed by atoms with Crippen LogP contribution in [0.5, 0.6) is 0 Å². The van der Waals surface area contributed by atoms with E-state index in [0.717, 1.165) is 28.5 Å². The van der Waals surface area contributed by atoms with Crippen molar-refractivity contribution >= 4 is 18.2 Å². The van der Waals surface area contributed by atoms with Crippen LogP contribution in [0, 0.1) is 39.0 Å². The number of benzene rings is 2. The number of ether oxygens (including phenoxy) is 1. The van der Waals surface area contributed by atoms with Gasteiger partial charge >= 0.3 is 5.97 Å². The first-order chi connectivity index (χ1) is 13.6. The van der Waals surface area contributed by atoms with Crippen molar-refractivity contribution in [3.05, 3.63) is 68.8 Å². The zero-order valence-corrected chi connectivity index (χ0v) is 17.5. The van der Waals surface area contributed by atoms with Crippen LogP contribution in [0.2, 0.25) is 0 Å². The van der Waals surface area contributed by atoms with Gasteiger partial charge in [-0.2, -0.15) is 5.26 Å². The average Bonchev–Trinajstić information content (AvgIpc) is 2.98. The summed E-state index contributed by atoms with van der Waals surface area (Å²) in [5.41, 5.74) is 6.30. The Hall–Kier alpha value is -3.46. The van der Waals surface area contributed by atoms with Crippen LogP contribution in [-0.4, -0.2) is 37.2 Å². The van der Waals surface area contributed by atoms with E-state index < -0.39 is 12.1 Å². The second-order valence-electron chi connectivity index (χ2n) is 7.28. The molecule has 0 saturated heterocycles. The van der Waals surface area contributed by atoms with E-state index in [9.17, 15) is 14.4 Å². The van der Waals surface area contributed by atoms with Crippen molar-refractivity contribution in [1.82, 2.24) is 4.90 Å². The van der Waals surface area contributed by atoms with Crippen molar-refractivity contribution in [1.29, 1.82) is 5.26 Å². The van der Waals surface area contributed by atoms with Crippen molar-refractivity contribution in [2.24, 2.45) is 0 Å². The number of aryl methyl sites for hydroxylation is 4. The fourth-order valence-electron chi connectivity index (χ4n) is 2.92. The van der Waals surface area contributed by atoms with Gasteiger partial charge in [0.25, 0.3) is 5.91 Å². The Balaban J connectivity index is 0.000000207. The molecule has 6 heteroatoms. The predicted octanol–water partition coefficient (Wildman–Crippen LogP) is 3.86. The molecule has 0 spiro atoms. The summed E-state index contributed by atoms with van der Waals surface area (Å²) in [4.78, 5) is 35.4. The maximum Gasteiger partial charge on any atom is 0.340 e. The van der Waals surface area contributed by atoms with Gasteiger partial charge in [0.05, 0.1) is 11.1 Å². The molecule has 6 nitrogen and oxygen atoms in total. The highest BCUT2D eigenvalue weighted by Gasteiger charge is 2.31. The number of rotatable bonds is 2. The van der Waals surface area contributed by atoms with Crippen LogP contribution < -0.4 is 0 Å². The standard InChI is InChI=1S/C12H15NO2.C11H9NO2/c1-8-5-10(7-14)11(6-9(8)2)12(15)13(3)4;1-6-3-8-9(4-7(6)2)11(13)14-10(8)5-12/h5-7H,1-4H3;3-4,10H,1-2H3. The van der Waals surface area contributed by atoms with Crippen LogP contribution in [0.1, 0.15) is 65.0 Å². The SMILES string of the molecule is Cc1cc(C=O)c(C(=O)N(C)C)cc1C.Cc1cc2c(cc1C)C(C#N)OC2=O. The topological polar surface area (TPSA) is 87.5 Å². The molecule has 1 aliphatic rings. The van der Waals surface area contributed by atoms with Crippen LogP contribution in [0.4, 0.5) is 0 Å². The molecule has 1 atom stereocenters. The summed E-state index contributed by atoms with van der Waals surface area (Å²) >= 11 is 0. The molecule has 1 amide bonds. The number of carbonyl (C=O) groups excluding carboxylic acids is 3. The summed E-state index contributed by atoms with van der Waals surface area (Å²) in [6.07, 6.45) is 0.000185. The lowest BCUT2D eigenvalue weighted by molar-refractivity contribution is 0.0477. The Labute approximate surface area is 170 Å². The largest absolute Gasteiger partial charge is 0.438 e. The maximum atomic E-state index is 11.8. The Morgan fingerprint density at radius 2 is 1.59 bits per heavy atom. The van der Waals surface area contributed by atoms with Gasteiger partial charge in [-0.3, -0.25) is 9.59 Å². The maximum absolute atomic E-state index is 11.8. The first-order valence-corrected chi connectivity index (χ1v) is 9.10. The Kier molecular flexibility index (Phi) is 6.55. The molecule has 0 aliphatic carbocycles. The molecule has 0 aromatic heterocycles. The zero-order valence-electron chi connectivity index (χ0n) is 17.5. The third kappa shape index (κ3) is 4.52. The lowest BCUT2D eigenvalue weighted by Gasteiger charge is -2.13. The van der Waals surface area contributed by atoms with Gasteiger partial charge in [0.1, 0.15) is 6.07 Å². The van der Waals surface area contributed by atoms with E-state index in [1.807, 2.05) is 39.8 Å². The van der Waals surface area contributed by atoms with Crippen LogP contribution in [0.25, 0.3) is 0 Å². The zero-order chi connectivity index (χ0) is 21.9. The summed E-state index contributed by atoms with van der Waals surface area (Å²) < 4.78 is 4.89. The quantitative estimate of drug-likeness (QED) is 0.572. The number of amides is 1. The molecule has 3 rings (SSSR count). The van der Waals surface area contributed by atoms with Crippen LogP contribution in [0.15, 0.2) is 24.3 Å². The molecule has 0 radical (unpaired) electrons. The van der Waals surface area contributed by atoms with Crippen molar-refractivity contribution in [2.75, 3.05) is 14.1 Å². The molecule has 0 N–H and O–H groups in total. The lowest BCUT2D eigenvalue weighted by Crippen LogP contribution is -2.23. The van der Waals surface area contributed by atoms with E-state index in [1.54, 1.807) is 32.3 Å². The Morgan fingerprint density at radius 1 is 1.03 bits per heavy atom. The molecule has 0 bridgehead atoms. The lowest BCUT2D eigenvalue weighted by atomic mass is 9.99. The molecule has 1 heterocycles. The summed E-state index contributed by atoms with van der Waals surface area (Å²) in [7, 11) is 3.35. The van der Waals surface area contributed by atoms with E-state index in [1.165, 1.54) is 4.90 Å². The fraction of sp³-hybridized carbons (Fsp3) is 0.304. The minimum Gasteiger partial charge on any atom is -0.438 e. The smallest absolute Gasteiger partial charge is 0.340 e. The minimum absolute atomic E-state index is 0.139. The summed E-state index contributed by atoms with van der Waals surface area (Å²) in [6, 6.07) is 9.10. The van der Waals surface area contributed by atoms with Crippen molar-refractivity contribution < 1.29 is 19.1 Å². The number of hydrogen-bond donors (Lipinski definition) is 0. The number of cyclic esters (lactones) is 1. The van der Waals surface area contributed by atoms with Crippen LogP contribution in [0.3, 0.4) is 0 Å². The van der Waals surface area contributed by atoms with Gasteiger partial charge in [-0.05, 0) is 68.1 Å². The number of esters is 1. The number of fused-ring (bicyclic) bond motifs is 1. The highest BCUT2D eigenvalue weighted by atomic mass is 16.5. The van der Waals surface area contributed by atoms with E-state index >= 15 is 0 Å². The molecule has 29 heavy (non-hydrogen) atoms. The second kappa shape index (κ2) is 8.70. The third-order valence-electron chi connectivity index (χ3n) is 4.94. The molecule has 150 valence electrons. The molecule has 1 unspecified atom stereocenters. The molecule has 1 aliphatic heterocycles. The number of nitriles is 1. The van der Waals surface area contributed by atoms with Gasteiger partial charge in [-0.25, -0.2) is 4.79 Å². The van der Waals surface area contributed by atoms with Crippen molar-refractivity contribution in [3.63, 3.8) is 0 Å². The molecule has 2 aromatic carbocycles. The van der Waals surface area contributed by atoms with Crippen LogP contribution >= 0.6 is 0 Å². The minimum atomic E-state index is -0.725. The normalized spacial score (nSPS) is 14.1. The van der Waals surface area contributed by atoms with Gasteiger partial charge in [0.2, 0.25) is 6.10 Å². The van der Waals surface area contributed by atoms with E-state index in [4.69, 9.17) is 10.00 Å². The first-order valence-electron chi connectivity index (χ1n) is 9.10. The fourth-order valence-corrected chi connectivity index (χ4v) is 2.92. The summed E-state index contributed by atoms with van der Waals surface area (Å²) in [5, 5.41) is 8.76. The molecule has 0 fully saturated rings. The summed E-state index contributed by atoms with van der Waals surface area (Å²) in [6.45, 7) is 7.73. The van der Waals surface area contributed by atoms with Gasteiger partial charge in [-0.1, -0.05) is 6.07 Å². The van der Waals surface area contributed by atoms with E-state index in [0.29, 0.717) is 22.3 Å². The van der Waals surface area contributed by atoms with Crippen molar-refractivity contribution in [2.45, 2.75) is 33.8 Å². The molecular weight excluding hydrogens is 368 g/mol. The highest BCUT2D eigenvalue weighted by Crippen LogP contribution is 2.31. The highest BCUT2D eigenvalue weighted by molar-refractivity contribution is 6.01. The Morgan fingerprint density at radius 3 is 2.14 bits per heavy atom. The number of hydrogen-bond acceptors (Lipinski definition) is 5. The number of nitrogens with zero attached hydrogens (tertiary/aromatic N) is 2. The average molecular weight is 392 g/mol. The number of aldehydes is 1. The molecule has 2 aromatic rings. The van der Waals surface area contributed by atoms with E-state index in [2.05, 4.69) is 0 Å². The number of carbonyl (C=O) groups is 3. The summed E-state index contributed by atoms with van der Waals surface area (Å²) in [5.74, 6) is -0.533. The molecule has 0 saturated carbocycles. The monoisotopic (exact) mass is 392 g/mol. The van der Waals surface area contributed by atoms with Gasteiger partial charge in [-0.15, -0.1) is 0 Å². The van der Waals surface area contributed by atoms with Gasteiger partial charge in [0, 0.05) is 25.2 Å². The second-order valence-corrected chi connectivity index (χ2v) is 7.28. The van der Waals surface area contributed by atoms with Gasteiger partial charge in [0.15, 0.2) is 6.29 Å². The Bertz CT molecular complexity index is 1030. The first kappa shape index (κ1) is 21.8.